The Bertz CT molecular complexity index is 1130. The van der Waals surface area contributed by atoms with Gasteiger partial charge in [-0.25, -0.2) is 9.78 Å². The first-order valence-electron chi connectivity index (χ1n) is 7.48. The molecule has 3 N–H and O–H groups in total. The molecule has 4 rings (SSSR count). The van der Waals surface area contributed by atoms with Gasteiger partial charge in [-0.2, -0.15) is 0 Å². The Morgan fingerprint density at radius 2 is 1.88 bits per heavy atom. The lowest BCUT2D eigenvalue weighted by Gasteiger charge is -2.02. The van der Waals surface area contributed by atoms with Crippen LogP contribution in [0.4, 0.5) is 5.69 Å². The normalized spacial score (nSPS) is 11.2. The van der Waals surface area contributed by atoms with Gasteiger partial charge in [-0.1, -0.05) is 0 Å². The molecule has 0 aliphatic heterocycles. The predicted molar refractivity (Wildman–Crippen MR) is 92.9 cm³/mol. The second kappa shape index (κ2) is 5.09. The Hall–Kier alpha value is -3.35. The van der Waals surface area contributed by atoms with Crippen LogP contribution < -0.4 is 11.0 Å². The standard InChI is InChI=1S/C17H15N5O2/c1-9(23)18-11-5-3-10(4-6-11)16-19-12-7-14-15(8-13(12)20-16)22(2)17(24)21-14/h3-8H,1-2H3,(H,18,23)(H,19,20)(H,21,24). The van der Waals surface area contributed by atoms with Gasteiger partial charge in [0.25, 0.3) is 0 Å². The number of aromatic amines is 2. The van der Waals surface area contributed by atoms with Gasteiger partial charge < -0.3 is 15.3 Å². The van der Waals surface area contributed by atoms with Crippen molar-refractivity contribution in [2.45, 2.75) is 6.92 Å². The van der Waals surface area contributed by atoms with Crippen LogP contribution in [0.25, 0.3) is 33.5 Å². The average molecular weight is 321 g/mol. The second-order valence-electron chi connectivity index (χ2n) is 5.72. The number of hydrogen-bond acceptors (Lipinski definition) is 3. The molecule has 0 bridgehead atoms. The number of aromatic nitrogens is 4. The zero-order valence-electron chi connectivity index (χ0n) is 13.2. The highest BCUT2D eigenvalue weighted by Crippen LogP contribution is 2.24. The second-order valence-corrected chi connectivity index (χ2v) is 5.72. The first-order chi connectivity index (χ1) is 11.5. The van der Waals surface area contributed by atoms with Crippen molar-refractivity contribution in [1.29, 1.82) is 0 Å². The van der Waals surface area contributed by atoms with Crippen LogP contribution in [0.2, 0.25) is 0 Å². The molecular weight excluding hydrogens is 306 g/mol. The summed E-state index contributed by atoms with van der Waals surface area (Å²) >= 11 is 0. The number of hydrogen-bond donors (Lipinski definition) is 3. The number of rotatable bonds is 2. The van der Waals surface area contributed by atoms with Crippen LogP contribution >= 0.6 is 0 Å². The first-order valence-corrected chi connectivity index (χ1v) is 7.48. The fourth-order valence-electron chi connectivity index (χ4n) is 2.78. The first kappa shape index (κ1) is 14.3. The number of nitrogens with one attached hydrogen (secondary N) is 3. The van der Waals surface area contributed by atoms with E-state index >= 15 is 0 Å². The maximum Gasteiger partial charge on any atom is 0.326 e. The van der Waals surface area contributed by atoms with E-state index < -0.39 is 0 Å². The molecule has 2 aromatic carbocycles. The number of nitrogens with zero attached hydrogens (tertiary/aromatic N) is 2. The van der Waals surface area contributed by atoms with E-state index in [0.717, 1.165) is 39.1 Å². The monoisotopic (exact) mass is 321 g/mol. The summed E-state index contributed by atoms with van der Waals surface area (Å²) in [6.45, 7) is 1.47. The molecule has 2 heterocycles. The zero-order valence-corrected chi connectivity index (χ0v) is 13.2. The Labute approximate surface area is 136 Å². The Morgan fingerprint density at radius 3 is 2.58 bits per heavy atom. The van der Waals surface area contributed by atoms with Crippen molar-refractivity contribution in [1.82, 2.24) is 19.5 Å². The summed E-state index contributed by atoms with van der Waals surface area (Å²) in [7, 11) is 1.72. The number of amides is 1. The molecule has 0 spiro atoms. The molecule has 0 radical (unpaired) electrons. The van der Waals surface area contributed by atoms with Crippen molar-refractivity contribution in [2.75, 3.05) is 5.32 Å². The third-order valence-corrected chi connectivity index (χ3v) is 3.99. The molecule has 0 saturated heterocycles. The maximum absolute atomic E-state index is 11.7. The Balaban J connectivity index is 1.78. The van der Waals surface area contributed by atoms with Gasteiger partial charge in [0.05, 0.1) is 22.1 Å². The zero-order chi connectivity index (χ0) is 16.8. The molecule has 0 aliphatic rings. The van der Waals surface area contributed by atoms with Crippen molar-refractivity contribution in [2.24, 2.45) is 7.05 Å². The van der Waals surface area contributed by atoms with E-state index in [1.54, 1.807) is 11.6 Å². The van der Waals surface area contributed by atoms with E-state index in [1.165, 1.54) is 6.92 Å². The molecule has 1 amide bonds. The van der Waals surface area contributed by atoms with E-state index in [-0.39, 0.29) is 11.6 Å². The van der Waals surface area contributed by atoms with E-state index in [2.05, 4.69) is 20.3 Å². The van der Waals surface area contributed by atoms with E-state index in [0.29, 0.717) is 0 Å². The number of H-pyrrole nitrogens is 2. The average Bonchev–Trinajstić information content (AvgIpc) is 3.07. The minimum absolute atomic E-state index is 0.104. The molecule has 7 nitrogen and oxygen atoms in total. The summed E-state index contributed by atoms with van der Waals surface area (Å²) in [6.07, 6.45) is 0. The Morgan fingerprint density at radius 1 is 1.12 bits per heavy atom. The number of carbonyl (C=O) groups is 1. The lowest BCUT2D eigenvalue weighted by Crippen LogP contribution is -2.11. The lowest BCUT2D eigenvalue weighted by atomic mass is 10.2. The van der Waals surface area contributed by atoms with Gasteiger partial charge in [-0.3, -0.25) is 9.36 Å². The van der Waals surface area contributed by atoms with E-state index in [1.807, 2.05) is 36.4 Å². The molecular formula is C17H15N5O2. The van der Waals surface area contributed by atoms with E-state index in [4.69, 9.17) is 0 Å². The number of benzene rings is 2. The van der Waals surface area contributed by atoms with Crippen LogP contribution in [0, 0.1) is 0 Å². The topological polar surface area (TPSA) is 95.6 Å². The van der Waals surface area contributed by atoms with Gasteiger partial charge in [-0.05, 0) is 36.4 Å². The van der Waals surface area contributed by atoms with Crippen molar-refractivity contribution < 1.29 is 4.79 Å². The number of imidazole rings is 2. The van der Waals surface area contributed by atoms with Crippen LogP contribution in [0.3, 0.4) is 0 Å². The highest BCUT2D eigenvalue weighted by atomic mass is 16.1. The van der Waals surface area contributed by atoms with Crippen LogP contribution in [-0.4, -0.2) is 25.4 Å². The molecule has 2 aromatic heterocycles. The molecule has 0 aliphatic carbocycles. The van der Waals surface area contributed by atoms with Crippen molar-refractivity contribution in [3.63, 3.8) is 0 Å². The molecule has 0 atom stereocenters. The summed E-state index contributed by atoms with van der Waals surface area (Å²) < 4.78 is 1.56. The number of anilines is 1. The summed E-state index contributed by atoms with van der Waals surface area (Å²) in [6, 6.07) is 11.2. The molecule has 0 saturated carbocycles. The van der Waals surface area contributed by atoms with Crippen molar-refractivity contribution in [3.8, 4) is 11.4 Å². The highest BCUT2D eigenvalue weighted by molar-refractivity contribution is 5.93. The summed E-state index contributed by atoms with van der Waals surface area (Å²) in [5.74, 6) is 0.629. The minimum atomic E-state index is -0.147. The van der Waals surface area contributed by atoms with Crippen molar-refractivity contribution in [3.05, 3.63) is 46.9 Å². The molecule has 0 unspecified atom stereocenters. The lowest BCUT2D eigenvalue weighted by molar-refractivity contribution is -0.114. The largest absolute Gasteiger partial charge is 0.338 e. The van der Waals surface area contributed by atoms with Crippen LogP contribution in [0.1, 0.15) is 6.92 Å². The maximum atomic E-state index is 11.7. The summed E-state index contributed by atoms with van der Waals surface area (Å²) in [4.78, 5) is 33.4. The van der Waals surface area contributed by atoms with Crippen molar-refractivity contribution >= 4 is 33.7 Å². The predicted octanol–water partition coefficient (Wildman–Crippen LogP) is 2.37. The Kier molecular flexibility index (Phi) is 3.02. The molecule has 24 heavy (non-hydrogen) atoms. The highest BCUT2D eigenvalue weighted by Gasteiger charge is 2.10. The van der Waals surface area contributed by atoms with Gasteiger partial charge in [0.1, 0.15) is 5.82 Å². The summed E-state index contributed by atoms with van der Waals surface area (Å²) in [5.41, 5.74) is 4.73. The fraction of sp³-hybridized carbons (Fsp3) is 0.118. The van der Waals surface area contributed by atoms with Gasteiger partial charge in [-0.15, -0.1) is 0 Å². The quantitative estimate of drug-likeness (QED) is 0.529. The number of carbonyl (C=O) groups excluding carboxylic acids is 1. The number of aryl methyl sites for hydroxylation is 1. The smallest absolute Gasteiger partial charge is 0.326 e. The molecule has 4 aromatic rings. The summed E-state index contributed by atoms with van der Waals surface area (Å²) in [5, 5.41) is 2.73. The van der Waals surface area contributed by atoms with Gasteiger partial charge >= 0.3 is 5.69 Å². The third-order valence-electron chi connectivity index (χ3n) is 3.99. The van der Waals surface area contributed by atoms with Gasteiger partial charge in [0.15, 0.2) is 0 Å². The fourth-order valence-corrected chi connectivity index (χ4v) is 2.78. The molecule has 0 fully saturated rings. The third kappa shape index (κ3) is 2.26. The minimum Gasteiger partial charge on any atom is -0.338 e. The SMILES string of the molecule is CC(=O)Nc1ccc(-c2nc3cc4c(cc3[nH]2)[nH]c(=O)n4C)cc1. The van der Waals surface area contributed by atoms with E-state index in [9.17, 15) is 9.59 Å². The van der Waals surface area contributed by atoms with Gasteiger partial charge in [0.2, 0.25) is 5.91 Å². The van der Waals surface area contributed by atoms with Crippen LogP contribution in [-0.2, 0) is 11.8 Å². The van der Waals surface area contributed by atoms with Gasteiger partial charge in [0, 0.05) is 25.2 Å². The molecule has 120 valence electrons. The number of fused-ring (bicyclic) bond motifs is 2. The van der Waals surface area contributed by atoms with Crippen LogP contribution in [0.15, 0.2) is 41.2 Å². The molecule has 7 heteroatoms. The van der Waals surface area contributed by atoms with Crippen LogP contribution in [0.5, 0.6) is 0 Å².